The van der Waals surface area contributed by atoms with E-state index in [0.717, 1.165) is 5.56 Å². The van der Waals surface area contributed by atoms with E-state index < -0.39 is 18.0 Å². The summed E-state index contributed by atoms with van der Waals surface area (Å²) in [4.78, 5) is 0. The minimum Gasteiger partial charge on any atom is -0.430 e. The van der Waals surface area contributed by atoms with Gasteiger partial charge in [-0.3, -0.25) is 0 Å². The molecule has 88 valence electrons. The molecule has 0 radical (unpaired) electrons. The van der Waals surface area contributed by atoms with Gasteiger partial charge in [-0.25, -0.2) is 0 Å². The Balaban J connectivity index is 2.86. The van der Waals surface area contributed by atoms with Gasteiger partial charge in [0.2, 0.25) is 0 Å². The minimum absolute atomic E-state index is 0.206. The summed E-state index contributed by atoms with van der Waals surface area (Å²) in [6.07, 6.45) is -5.38. The standard InChI is InChI=1S/C10H7F5O/c1-6-2-4-7(5-3-6)16-9(12)8(11)10(13,14)15/h2-5H,1H3/b9-8+. The summed E-state index contributed by atoms with van der Waals surface area (Å²) in [5.74, 6) is -3.09. The van der Waals surface area contributed by atoms with Crippen molar-refractivity contribution in [2.24, 2.45) is 0 Å². The van der Waals surface area contributed by atoms with E-state index in [1.165, 1.54) is 24.3 Å². The number of rotatable bonds is 2. The summed E-state index contributed by atoms with van der Waals surface area (Å²) < 4.78 is 64.2. The molecular weight excluding hydrogens is 231 g/mol. The van der Waals surface area contributed by atoms with Crippen LogP contribution in [0.2, 0.25) is 0 Å². The van der Waals surface area contributed by atoms with Crippen LogP contribution in [0.4, 0.5) is 22.0 Å². The molecule has 16 heavy (non-hydrogen) atoms. The Labute approximate surface area is 88.1 Å². The Bertz CT molecular complexity index is 391. The molecule has 1 rings (SSSR count). The predicted octanol–water partition coefficient (Wildman–Crippen LogP) is 4.04. The minimum atomic E-state index is -5.38. The van der Waals surface area contributed by atoms with Crippen molar-refractivity contribution in [3.05, 3.63) is 41.7 Å². The molecule has 0 fully saturated rings. The van der Waals surface area contributed by atoms with Crippen LogP contribution in [0.1, 0.15) is 5.56 Å². The lowest BCUT2D eigenvalue weighted by Crippen LogP contribution is -2.11. The van der Waals surface area contributed by atoms with Gasteiger partial charge in [0.25, 0.3) is 5.83 Å². The third kappa shape index (κ3) is 3.22. The van der Waals surface area contributed by atoms with Crippen LogP contribution >= 0.6 is 0 Å². The van der Waals surface area contributed by atoms with E-state index in [0.29, 0.717) is 0 Å². The maximum atomic E-state index is 12.6. The smallest absolute Gasteiger partial charge is 0.430 e. The molecule has 0 unspecified atom stereocenters. The van der Waals surface area contributed by atoms with Crippen molar-refractivity contribution in [2.75, 3.05) is 0 Å². The van der Waals surface area contributed by atoms with Crippen LogP contribution in [0, 0.1) is 6.92 Å². The van der Waals surface area contributed by atoms with Gasteiger partial charge in [0.05, 0.1) is 0 Å². The number of hydrogen-bond donors (Lipinski definition) is 0. The lowest BCUT2D eigenvalue weighted by atomic mass is 10.2. The summed E-state index contributed by atoms with van der Waals surface area (Å²) in [5, 5.41) is 0. The number of hydrogen-bond acceptors (Lipinski definition) is 1. The maximum absolute atomic E-state index is 12.6. The van der Waals surface area contributed by atoms with E-state index in [-0.39, 0.29) is 5.75 Å². The largest absolute Gasteiger partial charge is 0.449 e. The number of allylic oxidation sites excluding steroid dienone is 1. The molecule has 0 aliphatic rings. The summed E-state index contributed by atoms with van der Waals surface area (Å²) in [7, 11) is 0. The molecule has 0 saturated carbocycles. The molecule has 6 heteroatoms. The number of benzene rings is 1. The van der Waals surface area contributed by atoms with Crippen LogP contribution in [0.5, 0.6) is 5.75 Å². The first-order valence-electron chi connectivity index (χ1n) is 4.17. The van der Waals surface area contributed by atoms with Crippen molar-refractivity contribution < 1.29 is 26.7 Å². The quantitative estimate of drug-likeness (QED) is 0.558. The second kappa shape index (κ2) is 4.51. The van der Waals surface area contributed by atoms with Crippen LogP contribution in [-0.2, 0) is 0 Å². The average molecular weight is 238 g/mol. The van der Waals surface area contributed by atoms with Gasteiger partial charge in [0, 0.05) is 0 Å². The van der Waals surface area contributed by atoms with Crippen LogP contribution < -0.4 is 4.74 Å². The first-order valence-corrected chi connectivity index (χ1v) is 4.17. The van der Waals surface area contributed by atoms with E-state index >= 15 is 0 Å². The fourth-order valence-corrected chi connectivity index (χ4v) is 0.866. The Morgan fingerprint density at radius 3 is 2.00 bits per heavy atom. The molecule has 1 nitrogen and oxygen atoms in total. The first kappa shape index (κ1) is 12.5. The molecule has 1 aromatic carbocycles. The van der Waals surface area contributed by atoms with Gasteiger partial charge >= 0.3 is 12.2 Å². The molecule has 0 spiro atoms. The van der Waals surface area contributed by atoms with Crippen molar-refractivity contribution >= 4 is 0 Å². The molecule has 0 atom stereocenters. The number of alkyl halides is 3. The highest BCUT2D eigenvalue weighted by atomic mass is 19.4. The van der Waals surface area contributed by atoms with Crippen molar-refractivity contribution in [3.63, 3.8) is 0 Å². The Morgan fingerprint density at radius 2 is 1.56 bits per heavy atom. The van der Waals surface area contributed by atoms with E-state index in [4.69, 9.17) is 0 Å². The second-order valence-electron chi connectivity index (χ2n) is 3.00. The Morgan fingerprint density at radius 1 is 1.06 bits per heavy atom. The molecule has 0 amide bonds. The van der Waals surface area contributed by atoms with Crippen molar-refractivity contribution in [2.45, 2.75) is 13.1 Å². The highest BCUT2D eigenvalue weighted by Gasteiger charge is 2.39. The second-order valence-corrected chi connectivity index (χ2v) is 3.00. The van der Waals surface area contributed by atoms with Gasteiger partial charge in [-0.1, -0.05) is 17.7 Å². The van der Waals surface area contributed by atoms with Crippen molar-refractivity contribution in [1.82, 2.24) is 0 Å². The zero-order valence-corrected chi connectivity index (χ0v) is 8.11. The van der Waals surface area contributed by atoms with Crippen molar-refractivity contribution in [1.29, 1.82) is 0 Å². The molecule has 0 aromatic heterocycles. The van der Waals surface area contributed by atoms with E-state index in [1.807, 2.05) is 0 Å². The molecule has 0 aliphatic heterocycles. The number of aryl methyl sites for hydroxylation is 1. The van der Waals surface area contributed by atoms with Crippen LogP contribution in [0.25, 0.3) is 0 Å². The van der Waals surface area contributed by atoms with Crippen LogP contribution in [-0.4, -0.2) is 6.18 Å². The Kier molecular flexibility index (Phi) is 3.51. The van der Waals surface area contributed by atoms with E-state index in [1.54, 1.807) is 6.92 Å². The normalized spacial score (nSPS) is 13.4. The molecule has 0 N–H and O–H groups in total. The van der Waals surface area contributed by atoms with E-state index in [9.17, 15) is 22.0 Å². The fraction of sp³-hybridized carbons (Fsp3) is 0.200. The van der Waals surface area contributed by atoms with Crippen molar-refractivity contribution in [3.8, 4) is 5.75 Å². The molecular formula is C10H7F5O. The number of ether oxygens (including phenoxy) is 1. The molecule has 0 bridgehead atoms. The van der Waals surface area contributed by atoms with E-state index in [2.05, 4.69) is 4.74 Å². The van der Waals surface area contributed by atoms with Gasteiger partial charge < -0.3 is 4.74 Å². The highest BCUT2D eigenvalue weighted by molar-refractivity contribution is 5.27. The van der Waals surface area contributed by atoms with Gasteiger partial charge in [0.1, 0.15) is 5.75 Å². The first-order chi connectivity index (χ1) is 7.30. The molecule has 0 saturated heterocycles. The number of halogens is 5. The zero-order chi connectivity index (χ0) is 12.3. The third-order valence-electron chi connectivity index (χ3n) is 1.65. The summed E-state index contributed by atoms with van der Waals surface area (Å²) in [6.45, 7) is 1.73. The average Bonchev–Trinajstić information content (AvgIpc) is 2.19. The monoisotopic (exact) mass is 238 g/mol. The Hall–Kier alpha value is -1.59. The summed E-state index contributed by atoms with van der Waals surface area (Å²) in [6, 6.07) is 3.16. The summed E-state index contributed by atoms with van der Waals surface area (Å²) in [5.41, 5.74) is 0.813. The molecule has 1 aromatic rings. The van der Waals surface area contributed by atoms with Crippen LogP contribution in [0.15, 0.2) is 36.1 Å². The zero-order valence-electron chi connectivity index (χ0n) is 8.11. The fourth-order valence-electron chi connectivity index (χ4n) is 0.866. The SMILES string of the molecule is Cc1ccc(O/C(F)=C(/F)C(F)(F)F)cc1. The van der Waals surface area contributed by atoms with Gasteiger partial charge in [-0.15, -0.1) is 0 Å². The predicted molar refractivity (Wildman–Crippen MR) is 47.1 cm³/mol. The summed E-state index contributed by atoms with van der Waals surface area (Å²) >= 11 is 0. The molecule has 0 aliphatic carbocycles. The third-order valence-corrected chi connectivity index (χ3v) is 1.65. The van der Waals surface area contributed by atoms with Crippen LogP contribution in [0.3, 0.4) is 0 Å². The lowest BCUT2D eigenvalue weighted by Gasteiger charge is -2.06. The molecule has 0 heterocycles. The van der Waals surface area contributed by atoms with Gasteiger partial charge in [-0.2, -0.15) is 22.0 Å². The van der Waals surface area contributed by atoms with Gasteiger partial charge in [0.15, 0.2) is 0 Å². The lowest BCUT2D eigenvalue weighted by molar-refractivity contribution is -0.114. The van der Waals surface area contributed by atoms with Gasteiger partial charge in [-0.05, 0) is 19.1 Å². The maximum Gasteiger partial charge on any atom is 0.449 e. The topological polar surface area (TPSA) is 9.23 Å². The highest BCUT2D eigenvalue weighted by Crippen LogP contribution is 2.30.